The van der Waals surface area contributed by atoms with Crippen LogP contribution in [0.1, 0.15) is 12.5 Å². The molecule has 3 aromatic rings. The van der Waals surface area contributed by atoms with Crippen molar-refractivity contribution in [1.29, 1.82) is 0 Å². The van der Waals surface area contributed by atoms with Crippen molar-refractivity contribution >= 4 is 45.4 Å². The van der Waals surface area contributed by atoms with Crippen molar-refractivity contribution in [3.8, 4) is 0 Å². The second-order valence-corrected chi connectivity index (χ2v) is 5.81. The SMILES string of the molecule is C/C(=N\Nc1ccc(Cl)c(Cl)c1)c1ccc2ccccc2c1. The first-order chi connectivity index (χ1) is 10.6. The summed E-state index contributed by atoms with van der Waals surface area (Å²) in [7, 11) is 0. The number of fused-ring (bicyclic) bond motifs is 1. The molecule has 0 aliphatic carbocycles. The fourth-order valence-corrected chi connectivity index (χ4v) is 2.49. The number of nitrogens with one attached hydrogen (secondary N) is 1. The fraction of sp³-hybridized carbons (Fsp3) is 0.0556. The van der Waals surface area contributed by atoms with E-state index in [1.54, 1.807) is 12.1 Å². The Morgan fingerprint density at radius 3 is 2.41 bits per heavy atom. The molecule has 1 N–H and O–H groups in total. The van der Waals surface area contributed by atoms with E-state index in [-0.39, 0.29) is 0 Å². The van der Waals surface area contributed by atoms with E-state index in [1.165, 1.54) is 10.8 Å². The Bertz CT molecular complexity index is 857. The summed E-state index contributed by atoms with van der Waals surface area (Å²) in [6.07, 6.45) is 0. The molecule has 0 heterocycles. The van der Waals surface area contributed by atoms with Crippen LogP contribution in [0.15, 0.2) is 65.8 Å². The monoisotopic (exact) mass is 328 g/mol. The molecule has 0 aromatic heterocycles. The van der Waals surface area contributed by atoms with Gasteiger partial charge in [-0.3, -0.25) is 5.43 Å². The van der Waals surface area contributed by atoms with Crippen LogP contribution in [-0.2, 0) is 0 Å². The summed E-state index contributed by atoms with van der Waals surface area (Å²) in [5.74, 6) is 0. The van der Waals surface area contributed by atoms with Gasteiger partial charge in [0.1, 0.15) is 0 Å². The van der Waals surface area contributed by atoms with Crippen LogP contribution in [0.5, 0.6) is 0 Å². The second kappa shape index (κ2) is 6.39. The van der Waals surface area contributed by atoms with E-state index in [0.29, 0.717) is 10.0 Å². The predicted octanol–water partition coefficient (Wildman–Crippen LogP) is 5.98. The minimum absolute atomic E-state index is 0.505. The highest BCUT2D eigenvalue weighted by molar-refractivity contribution is 6.42. The molecule has 0 radical (unpaired) electrons. The molecule has 110 valence electrons. The molecular weight excluding hydrogens is 315 g/mol. The predicted molar refractivity (Wildman–Crippen MR) is 96.2 cm³/mol. The molecule has 4 heteroatoms. The summed E-state index contributed by atoms with van der Waals surface area (Å²) < 4.78 is 0. The molecular formula is C18H14Cl2N2. The van der Waals surface area contributed by atoms with E-state index in [1.807, 2.05) is 25.1 Å². The molecule has 0 spiro atoms. The third kappa shape index (κ3) is 3.24. The minimum Gasteiger partial charge on any atom is -0.278 e. The van der Waals surface area contributed by atoms with Gasteiger partial charge >= 0.3 is 0 Å². The smallest absolute Gasteiger partial charge is 0.0648 e. The van der Waals surface area contributed by atoms with Crippen LogP contribution in [0, 0.1) is 0 Å². The van der Waals surface area contributed by atoms with E-state index in [0.717, 1.165) is 17.0 Å². The van der Waals surface area contributed by atoms with E-state index in [9.17, 15) is 0 Å². The van der Waals surface area contributed by atoms with E-state index in [2.05, 4.69) is 40.9 Å². The molecule has 0 aliphatic rings. The Balaban J connectivity index is 1.84. The highest BCUT2D eigenvalue weighted by Gasteiger charge is 2.01. The van der Waals surface area contributed by atoms with Crippen LogP contribution in [-0.4, -0.2) is 5.71 Å². The minimum atomic E-state index is 0.505. The van der Waals surface area contributed by atoms with Gasteiger partial charge in [0.2, 0.25) is 0 Å². The summed E-state index contributed by atoms with van der Waals surface area (Å²) in [5.41, 5.74) is 5.78. The summed E-state index contributed by atoms with van der Waals surface area (Å²) in [4.78, 5) is 0. The molecule has 22 heavy (non-hydrogen) atoms. The quantitative estimate of drug-likeness (QED) is 0.464. The first kappa shape index (κ1) is 14.9. The maximum atomic E-state index is 5.99. The molecule has 0 unspecified atom stereocenters. The molecule has 0 atom stereocenters. The normalized spacial score (nSPS) is 11.7. The van der Waals surface area contributed by atoms with Gasteiger partial charge in [0.05, 0.1) is 21.4 Å². The largest absolute Gasteiger partial charge is 0.278 e. The van der Waals surface area contributed by atoms with Crippen molar-refractivity contribution in [2.24, 2.45) is 5.10 Å². The highest BCUT2D eigenvalue weighted by atomic mass is 35.5. The molecule has 2 nitrogen and oxygen atoms in total. The van der Waals surface area contributed by atoms with Crippen molar-refractivity contribution < 1.29 is 0 Å². The van der Waals surface area contributed by atoms with E-state index in [4.69, 9.17) is 23.2 Å². The van der Waals surface area contributed by atoms with Crippen molar-refractivity contribution in [1.82, 2.24) is 0 Å². The van der Waals surface area contributed by atoms with Crippen LogP contribution in [0.3, 0.4) is 0 Å². The van der Waals surface area contributed by atoms with Crippen molar-refractivity contribution in [2.75, 3.05) is 5.43 Å². The Morgan fingerprint density at radius 2 is 1.64 bits per heavy atom. The number of anilines is 1. The highest BCUT2D eigenvalue weighted by Crippen LogP contribution is 2.25. The molecule has 3 rings (SSSR count). The van der Waals surface area contributed by atoms with Gasteiger partial charge in [0.25, 0.3) is 0 Å². The standard InChI is InChI=1S/C18H14Cl2N2/c1-12(21-22-16-8-9-17(19)18(20)11-16)14-7-6-13-4-2-3-5-15(13)10-14/h2-11,22H,1H3/b21-12+. The Kier molecular flexibility index (Phi) is 4.32. The number of hydrogen-bond acceptors (Lipinski definition) is 2. The lowest BCUT2D eigenvalue weighted by Gasteiger charge is -2.06. The topological polar surface area (TPSA) is 24.4 Å². The number of hydrogen-bond donors (Lipinski definition) is 1. The number of nitrogens with zero attached hydrogens (tertiary/aromatic N) is 1. The van der Waals surface area contributed by atoms with Crippen molar-refractivity contribution in [3.63, 3.8) is 0 Å². The van der Waals surface area contributed by atoms with Gasteiger partial charge in [0.15, 0.2) is 0 Å². The van der Waals surface area contributed by atoms with Crippen molar-refractivity contribution in [2.45, 2.75) is 6.92 Å². The first-order valence-electron chi connectivity index (χ1n) is 6.88. The van der Waals surface area contributed by atoms with E-state index >= 15 is 0 Å². The Hall–Kier alpha value is -2.03. The van der Waals surface area contributed by atoms with Gasteiger partial charge in [-0.25, -0.2) is 0 Å². The molecule has 3 aromatic carbocycles. The van der Waals surface area contributed by atoms with Crippen molar-refractivity contribution in [3.05, 3.63) is 76.3 Å². The third-order valence-electron chi connectivity index (χ3n) is 3.44. The molecule has 0 aliphatic heterocycles. The third-order valence-corrected chi connectivity index (χ3v) is 4.18. The zero-order valence-corrected chi connectivity index (χ0v) is 13.5. The van der Waals surface area contributed by atoms with Gasteiger partial charge in [-0.05, 0) is 47.5 Å². The Morgan fingerprint density at radius 1 is 0.864 bits per heavy atom. The van der Waals surface area contributed by atoms with Crippen LogP contribution in [0.4, 0.5) is 5.69 Å². The average molecular weight is 329 g/mol. The van der Waals surface area contributed by atoms with Gasteiger partial charge in [-0.1, -0.05) is 59.6 Å². The fourth-order valence-electron chi connectivity index (χ4n) is 2.19. The molecule has 0 fully saturated rings. The maximum Gasteiger partial charge on any atom is 0.0648 e. The number of hydrazone groups is 1. The molecule has 0 bridgehead atoms. The van der Waals surface area contributed by atoms with Crippen LogP contribution in [0.25, 0.3) is 10.8 Å². The molecule has 0 saturated carbocycles. The second-order valence-electron chi connectivity index (χ2n) is 5.00. The number of benzene rings is 3. The summed E-state index contributed by atoms with van der Waals surface area (Å²) in [5, 5.41) is 7.86. The average Bonchev–Trinajstić information content (AvgIpc) is 2.55. The number of rotatable bonds is 3. The molecule has 0 amide bonds. The summed E-state index contributed by atoms with van der Waals surface area (Å²) >= 11 is 11.9. The summed E-state index contributed by atoms with van der Waals surface area (Å²) in [6, 6.07) is 19.9. The van der Waals surface area contributed by atoms with Crippen LogP contribution in [0.2, 0.25) is 10.0 Å². The van der Waals surface area contributed by atoms with Gasteiger partial charge in [-0.15, -0.1) is 0 Å². The van der Waals surface area contributed by atoms with E-state index < -0.39 is 0 Å². The summed E-state index contributed by atoms with van der Waals surface area (Å²) in [6.45, 7) is 1.97. The molecule has 0 saturated heterocycles. The van der Waals surface area contributed by atoms with Crippen LogP contribution < -0.4 is 5.43 Å². The number of halogens is 2. The lowest BCUT2D eigenvalue weighted by molar-refractivity contribution is 1.32. The lowest BCUT2D eigenvalue weighted by atomic mass is 10.0. The lowest BCUT2D eigenvalue weighted by Crippen LogP contribution is -1.99. The van der Waals surface area contributed by atoms with Crippen LogP contribution >= 0.6 is 23.2 Å². The Labute approximate surface area is 139 Å². The van der Waals surface area contributed by atoms with Gasteiger partial charge in [0, 0.05) is 0 Å². The van der Waals surface area contributed by atoms with Gasteiger partial charge < -0.3 is 0 Å². The maximum absolute atomic E-state index is 5.99. The van der Waals surface area contributed by atoms with Gasteiger partial charge in [-0.2, -0.15) is 5.10 Å². The first-order valence-corrected chi connectivity index (χ1v) is 7.63. The zero-order valence-electron chi connectivity index (χ0n) is 12.0. The zero-order chi connectivity index (χ0) is 15.5.